The van der Waals surface area contributed by atoms with E-state index in [-0.39, 0.29) is 4.90 Å². The molecule has 0 bridgehead atoms. The van der Waals surface area contributed by atoms with Crippen LogP contribution < -0.4 is 4.72 Å². The second kappa shape index (κ2) is 5.18. The first-order chi connectivity index (χ1) is 8.04. The molecule has 0 amide bonds. The summed E-state index contributed by atoms with van der Waals surface area (Å²) in [5.74, 6) is 0. The summed E-state index contributed by atoms with van der Waals surface area (Å²) in [6.45, 7) is 2.40. The summed E-state index contributed by atoms with van der Waals surface area (Å²) < 4.78 is 62.6. The third kappa shape index (κ3) is 3.69. The lowest BCUT2D eigenvalue weighted by Gasteiger charge is -2.17. The zero-order chi connectivity index (χ0) is 14.1. The Morgan fingerprint density at radius 1 is 1.33 bits per heavy atom. The van der Waals surface area contributed by atoms with Gasteiger partial charge in [0.1, 0.15) is 6.04 Å². The number of rotatable bonds is 3. The Balaban J connectivity index is 3.04. The molecule has 0 radical (unpaired) electrons. The van der Waals surface area contributed by atoms with Crippen LogP contribution in [0.2, 0.25) is 0 Å². The molecule has 0 heterocycles. The Bertz CT molecular complexity index is 543. The van der Waals surface area contributed by atoms with Gasteiger partial charge in [0.25, 0.3) is 0 Å². The fraction of sp³-hybridized carbons (Fsp3) is 0.400. The normalized spacial score (nSPS) is 14.6. The first-order valence-corrected chi connectivity index (χ1v) is 7.17. The highest BCUT2D eigenvalue weighted by atomic mass is 79.9. The van der Waals surface area contributed by atoms with E-state index in [1.54, 1.807) is 11.6 Å². The summed E-state index contributed by atoms with van der Waals surface area (Å²) in [7, 11) is -4.17. The van der Waals surface area contributed by atoms with E-state index in [2.05, 4.69) is 15.9 Å². The largest absolute Gasteiger partial charge is 0.404 e. The molecule has 18 heavy (non-hydrogen) atoms. The molecule has 1 rings (SSSR count). The molecule has 1 aromatic carbocycles. The van der Waals surface area contributed by atoms with Crippen LogP contribution in [0.1, 0.15) is 12.5 Å². The molecular weight excluding hydrogens is 335 g/mol. The van der Waals surface area contributed by atoms with Crippen LogP contribution in [0.15, 0.2) is 27.6 Å². The predicted octanol–water partition coefficient (Wildman–Crippen LogP) is 2.99. The van der Waals surface area contributed by atoms with Gasteiger partial charge in [0.15, 0.2) is 0 Å². The minimum absolute atomic E-state index is 0.195. The molecule has 0 aliphatic heterocycles. The standard InChI is InChI=1S/C10H11BrF3NO2S/c1-6-5-8(3-4-9(6)11)18(16,17)15-7(2)10(12,13)14/h3-5,7,15H,1-2H3/t7-/m0/s1. The van der Waals surface area contributed by atoms with E-state index >= 15 is 0 Å². The van der Waals surface area contributed by atoms with Gasteiger partial charge in [-0.25, -0.2) is 8.42 Å². The van der Waals surface area contributed by atoms with Gasteiger partial charge in [-0.05, 0) is 37.6 Å². The number of aryl methyl sites for hydroxylation is 1. The SMILES string of the molecule is Cc1cc(S(=O)(=O)N[C@@H](C)C(F)(F)F)ccc1Br. The molecule has 1 atom stereocenters. The Morgan fingerprint density at radius 3 is 2.33 bits per heavy atom. The maximum Gasteiger partial charge on any atom is 0.404 e. The number of sulfonamides is 1. The second-order valence-corrected chi connectivity index (χ2v) is 6.36. The van der Waals surface area contributed by atoms with Crippen molar-refractivity contribution in [3.63, 3.8) is 0 Å². The summed E-state index contributed by atoms with van der Waals surface area (Å²) in [4.78, 5) is -0.195. The van der Waals surface area contributed by atoms with Gasteiger partial charge >= 0.3 is 6.18 Å². The number of nitrogens with one attached hydrogen (secondary N) is 1. The average molecular weight is 346 g/mol. The maximum absolute atomic E-state index is 12.3. The summed E-state index contributed by atoms with van der Waals surface area (Å²) >= 11 is 3.18. The van der Waals surface area contributed by atoms with E-state index in [0.29, 0.717) is 10.0 Å². The van der Waals surface area contributed by atoms with Gasteiger partial charge in [0.2, 0.25) is 10.0 Å². The zero-order valence-corrected chi connectivity index (χ0v) is 11.9. The van der Waals surface area contributed by atoms with E-state index in [1.165, 1.54) is 18.2 Å². The monoisotopic (exact) mass is 345 g/mol. The van der Waals surface area contributed by atoms with Crippen LogP contribution >= 0.6 is 15.9 Å². The molecule has 3 nitrogen and oxygen atoms in total. The van der Waals surface area contributed by atoms with Crippen molar-refractivity contribution >= 4 is 26.0 Å². The van der Waals surface area contributed by atoms with Crippen LogP contribution in [-0.2, 0) is 10.0 Å². The van der Waals surface area contributed by atoms with Crippen molar-refractivity contribution in [2.24, 2.45) is 0 Å². The van der Waals surface area contributed by atoms with E-state index in [9.17, 15) is 21.6 Å². The lowest BCUT2D eigenvalue weighted by atomic mass is 10.2. The van der Waals surface area contributed by atoms with Crippen molar-refractivity contribution in [3.05, 3.63) is 28.2 Å². The molecule has 0 aliphatic rings. The number of alkyl halides is 3. The van der Waals surface area contributed by atoms with Gasteiger partial charge in [0, 0.05) is 4.47 Å². The average Bonchev–Trinajstić information content (AvgIpc) is 2.19. The Hall–Kier alpha value is -0.600. The van der Waals surface area contributed by atoms with E-state index in [0.717, 1.165) is 6.92 Å². The molecule has 0 unspecified atom stereocenters. The summed E-state index contributed by atoms with van der Waals surface area (Å²) in [6, 6.07) is 1.88. The number of hydrogen-bond acceptors (Lipinski definition) is 2. The summed E-state index contributed by atoms with van der Waals surface area (Å²) in [5, 5.41) is 0. The molecule has 0 spiro atoms. The van der Waals surface area contributed by atoms with E-state index in [4.69, 9.17) is 0 Å². The molecular formula is C10H11BrF3NO2S. The fourth-order valence-electron chi connectivity index (χ4n) is 1.15. The highest BCUT2D eigenvalue weighted by Crippen LogP contribution is 2.23. The quantitative estimate of drug-likeness (QED) is 0.915. The fourth-order valence-corrected chi connectivity index (χ4v) is 2.71. The van der Waals surface area contributed by atoms with Crippen LogP contribution in [0.5, 0.6) is 0 Å². The van der Waals surface area contributed by atoms with Crippen LogP contribution in [0.4, 0.5) is 13.2 Å². The van der Waals surface area contributed by atoms with Crippen molar-refractivity contribution in [2.75, 3.05) is 0 Å². The van der Waals surface area contributed by atoms with E-state index < -0.39 is 22.2 Å². The second-order valence-electron chi connectivity index (χ2n) is 3.80. The lowest BCUT2D eigenvalue weighted by molar-refractivity contribution is -0.147. The Kier molecular flexibility index (Phi) is 4.45. The maximum atomic E-state index is 12.3. The van der Waals surface area contributed by atoms with Crippen LogP contribution in [0, 0.1) is 6.92 Å². The Morgan fingerprint density at radius 2 is 1.89 bits per heavy atom. The Labute approximate surface area is 112 Å². The zero-order valence-electron chi connectivity index (χ0n) is 9.55. The van der Waals surface area contributed by atoms with Gasteiger partial charge < -0.3 is 0 Å². The van der Waals surface area contributed by atoms with Gasteiger partial charge in [0.05, 0.1) is 4.90 Å². The molecule has 0 fully saturated rings. The van der Waals surface area contributed by atoms with Crippen LogP contribution in [-0.4, -0.2) is 20.6 Å². The van der Waals surface area contributed by atoms with Gasteiger partial charge in [-0.3, -0.25) is 0 Å². The third-order valence-electron chi connectivity index (χ3n) is 2.26. The smallest absolute Gasteiger partial charge is 0.207 e. The molecule has 1 aromatic rings. The lowest BCUT2D eigenvalue weighted by Crippen LogP contribution is -2.42. The highest BCUT2D eigenvalue weighted by molar-refractivity contribution is 9.10. The molecule has 0 saturated carbocycles. The predicted molar refractivity (Wildman–Crippen MR) is 64.7 cm³/mol. The minimum Gasteiger partial charge on any atom is -0.207 e. The topological polar surface area (TPSA) is 46.2 Å². The van der Waals surface area contributed by atoms with E-state index in [1.807, 2.05) is 0 Å². The first-order valence-electron chi connectivity index (χ1n) is 4.89. The van der Waals surface area contributed by atoms with Crippen LogP contribution in [0.25, 0.3) is 0 Å². The van der Waals surface area contributed by atoms with Crippen molar-refractivity contribution in [3.8, 4) is 0 Å². The number of hydrogen-bond donors (Lipinski definition) is 1. The summed E-state index contributed by atoms with van der Waals surface area (Å²) in [6.07, 6.45) is -4.61. The number of halogens is 4. The summed E-state index contributed by atoms with van der Waals surface area (Å²) in [5.41, 5.74) is 0.623. The molecule has 1 N–H and O–H groups in total. The van der Waals surface area contributed by atoms with Gasteiger partial charge in [-0.2, -0.15) is 17.9 Å². The van der Waals surface area contributed by atoms with Crippen molar-refractivity contribution in [1.29, 1.82) is 0 Å². The van der Waals surface area contributed by atoms with Crippen molar-refractivity contribution < 1.29 is 21.6 Å². The molecule has 0 aliphatic carbocycles. The highest BCUT2D eigenvalue weighted by Gasteiger charge is 2.38. The molecule has 8 heteroatoms. The number of benzene rings is 1. The van der Waals surface area contributed by atoms with Crippen molar-refractivity contribution in [2.45, 2.75) is 31.0 Å². The van der Waals surface area contributed by atoms with Gasteiger partial charge in [-0.1, -0.05) is 15.9 Å². The minimum atomic E-state index is -4.61. The molecule has 102 valence electrons. The first kappa shape index (κ1) is 15.5. The van der Waals surface area contributed by atoms with Crippen molar-refractivity contribution in [1.82, 2.24) is 4.72 Å². The van der Waals surface area contributed by atoms with Gasteiger partial charge in [-0.15, -0.1) is 0 Å². The molecule has 0 aromatic heterocycles. The van der Waals surface area contributed by atoms with Crippen LogP contribution in [0.3, 0.4) is 0 Å². The molecule has 0 saturated heterocycles. The third-order valence-corrected chi connectivity index (χ3v) is 4.69.